The second kappa shape index (κ2) is 6.48. The van der Waals surface area contributed by atoms with Crippen LogP contribution in [0.2, 0.25) is 0 Å². The zero-order valence-electron chi connectivity index (χ0n) is 11.4. The first-order chi connectivity index (χ1) is 8.26. The zero-order chi connectivity index (χ0) is 13.8. The van der Waals surface area contributed by atoms with E-state index in [0.717, 1.165) is 16.5 Å². The van der Waals surface area contributed by atoms with Gasteiger partial charge in [-0.05, 0) is 29.5 Å². The highest BCUT2D eigenvalue weighted by atomic mass is 79.9. The molecule has 0 fully saturated rings. The number of carbonyl (C=O) groups excluding carboxylic acids is 1. The number of nitrogens with two attached hydrogens (primary N) is 1. The summed E-state index contributed by atoms with van der Waals surface area (Å²) < 4.78 is 1.03. The van der Waals surface area contributed by atoms with Gasteiger partial charge in [0.25, 0.3) is 0 Å². The first kappa shape index (κ1) is 15.4. The Bertz CT molecular complexity index is 392. The van der Waals surface area contributed by atoms with E-state index in [0.29, 0.717) is 12.8 Å². The first-order valence-corrected chi connectivity index (χ1v) is 7.07. The van der Waals surface area contributed by atoms with Crippen molar-refractivity contribution >= 4 is 21.7 Å². The Labute approximate surface area is 118 Å². The molecule has 0 bridgehead atoms. The Balaban J connectivity index is 2.44. The fourth-order valence-corrected chi connectivity index (χ4v) is 2.32. The third kappa shape index (κ3) is 6.31. The lowest BCUT2D eigenvalue weighted by atomic mass is 9.86. The summed E-state index contributed by atoms with van der Waals surface area (Å²) in [7, 11) is 0. The van der Waals surface area contributed by atoms with Crippen LogP contribution >= 0.6 is 15.9 Å². The molecule has 1 aromatic rings. The minimum absolute atomic E-state index is 0.0343. The number of hydrogen-bond donors (Lipinski definition) is 1. The van der Waals surface area contributed by atoms with Crippen molar-refractivity contribution in [1.29, 1.82) is 0 Å². The Morgan fingerprint density at radius 2 is 1.83 bits per heavy atom. The van der Waals surface area contributed by atoms with Crippen molar-refractivity contribution in [3.8, 4) is 0 Å². The maximum atomic E-state index is 11.9. The summed E-state index contributed by atoms with van der Waals surface area (Å²) in [6, 6.07) is 7.82. The largest absolute Gasteiger partial charge is 0.327 e. The highest BCUT2D eigenvalue weighted by Crippen LogP contribution is 2.21. The molecule has 100 valence electrons. The minimum atomic E-state index is -0.0343. The number of ketones is 1. The van der Waals surface area contributed by atoms with Gasteiger partial charge in [0, 0.05) is 23.4 Å². The van der Waals surface area contributed by atoms with E-state index in [-0.39, 0.29) is 17.2 Å². The van der Waals surface area contributed by atoms with Gasteiger partial charge < -0.3 is 5.73 Å². The summed E-state index contributed by atoms with van der Waals surface area (Å²) in [6.45, 7) is 6.43. The summed E-state index contributed by atoms with van der Waals surface area (Å²) in [5, 5.41) is 0. The molecule has 0 aromatic heterocycles. The maximum Gasteiger partial charge on any atom is 0.138 e. The van der Waals surface area contributed by atoms with Crippen molar-refractivity contribution in [2.75, 3.05) is 0 Å². The van der Waals surface area contributed by atoms with E-state index in [2.05, 4.69) is 36.7 Å². The maximum absolute atomic E-state index is 11.9. The second-order valence-corrected chi connectivity index (χ2v) is 6.99. The van der Waals surface area contributed by atoms with Crippen LogP contribution in [0.25, 0.3) is 0 Å². The van der Waals surface area contributed by atoms with Gasteiger partial charge in [0.2, 0.25) is 0 Å². The van der Waals surface area contributed by atoms with Crippen molar-refractivity contribution in [3.05, 3.63) is 34.3 Å². The Morgan fingerprint density at radius 3 is 2.33 bits per heavy atom. The molecule has 0 aliphatic rings. The van der Waals surface area contributed by atoms with Gasteiger partial charge in [-0.3, -0.25) is 4.79 Å². The van der Waals surface area contributed by atoms with E-state index in [9.17, 15) is 4.79 Å². The lowest BCUT2D eigenvalue weighted by molar-refractivity contribution is -0.118. The third-order valence-corrected chi connectivity index (χ3v) is 3.21. The van der Waals surface area contributed by atoms with Crippen molar-refractivity contribution in [3.63, 3.8) is 0 Å². The van der Waals surface area contributed by atoms with E-state index < -0.39 is 0 Å². The number of Topliss-reactive ketones (excluding diaryl/α,β-unsaturated/α-hetero) is 1. The molecule has 2 nitrogen and oxygen atoms in total. The lowest BCUT2D eigenvalue weighted by Crippen LogP contribution is -2.29. The summed E-state index contributed by atoms with van der Waals surface area (Å²) in [4.78, 5) is 11.9. The van der Waals surface area contributed by atoms with Crippen LogP contribution in [0.15, 0.2) is 28.7 Å². The van der Waals surface area contributed by atoms with Crippen molar-refractivity contribution < 1.29 is 4.79 Å². The van der Waals surface area contributed by atoms with Crippen LogP contribution in [0.5, 0.6) is 0 Å². The smallest absolute Gasteiger partial charge is 0.138 e. The van der Waals surface area contributed by atoms with Gasteiger partial charge in [0.05, 0.1) is 0 Å². The quantitative estimate of drug-likeness (QED) is 0.900. The molecule has 0 saturated heterocycles. The van der Waals surface area contributed by atoms with E-state index in [1.165, 1.54) is 0 Å². The molecule has 1 atom stereocenters. The molecule has 1 unspecified atom stereocenters. The van der Waals surface area contributed by atoms with Crippen LogP contribution in [0.3, 0.4) is 0 Å². The predicted octanol–water partition coefficient (Wildman–Crippen LogP) is 3.71. The SMILES string of the molecule is CC(C)(C)CC(N)CC(=O)Cc1ccc(Br)cc1. The number of carbonyl (C=O) groups is 1. The van der Waals surface area contributed by atoms with Crippen LogP contribution < -0.4 is 5.73 Å². The molecule has 0 aliphatic heterocycles. The monoisotopic (exact) mass is 311 g/mol. The normalized spacial score (nSPS) is 13.4. The molecule has 2 N–H and O–H groups in total. The molecule has 0 aliphatic carbocycles. The highest BCUT2D eigenvalue weighted by Gasteiger charge is 2.18. The fraction of sp³-hybridized carbons (Fsp3) is 0.533. The van der Waals surface area contributed by atoms with E-state index >= 15 is 0 Å². The third-order valence-electron chi connectivity index (χ3n) is 2.68. The fourth-order valence-electron chi connectivity index (χ4n) is 2.05. The topological polar surface area (TPSA) is 43.1 Å². The van der Waals surface area contributed by atoms with Gasteiger partial charge >= 0.3 is 0 Å². The van der Waals surface area contributed by atoms with Crippen LogP contribution in [0.4, 0.5) is 0 Å². The molecule has 1 aromatic carbocycles. The van der Waals surface area contributed by atoms with Crippen molar-refractivity contribution in [2.24, 2.45) is 11.1 Å². The average molecular weight is 312 g/mol. The van der Waals surface area contributed by atoms with Gasteiger partial charge in [-0.2, -0.15) is 0 Å². The average Bonchev–Trinajstić information content (AvgIpc) is 2.18. The summed E-state index contributed by atoms with van der Waals surface area (Å²) >= 11 is 3.38. The lowest BCUT2D eigenvalue weighted by Gasteiger charge is -2.22. The number of benzene rings is 1. The van der Waals surface area contributed by atoms with Crippen LogP contribution in [-0.2, 0) is 11.2 Å². The number of halogens is 1. The summed E-state index contributed by atoms with van der Waals surface area (Å²) in [5.74, 6) is 0.217. The Kier molecular flexibility index (Phi) is 5.54. The van der Waals surface area contributed by atoms with Gasteiger partial charge in [0.1, 0.15) is 5.78 Å². The summed E-state index contributed by atoms with van der Waals surface area (Å²) in [6.07, 6.45) is 1.82. The van der Waals surface area contributed by atoms with E-state index in [1.54, 1.807) is 0 Å². The van der Waals surface area contributed by atoms with E-state index in [1.807, 2.05) is 24.3 Å². The number of rotatable bonds is 5. The molecule has 3 heteroatoms. The minimum Gasteiger partial charge on any atom is -0.327 e. The van der Waals surface area contributed by atoms with E-state index in [4.69, 9.17) is 5.73 Å². The van der Waals surface area contributed by atoms with Crippen LogP contribution in [0.1, 0.15) is 39.2 Å². The van der Waals surface area contributed by atoms with Gasteiger partial charge in [-0.25, -0.2) is 0 Å². The van der Waals surface area contributed by atoms with Crippen LogP contribution in [0, 0.1) is 5.41 Å². The molecule has 0 amide bonds. The Hall–Kier alpha value is -0.670. The zero-order valence-corrected chi connectivity index (χ0v) is 13.0. The molecular weight excluding hydrogens is 290 g/mol. The Morgan fingerprint density at radius 1 is 1.28 bits per heavy atom. The number of hydrogen-bond acceptors (Lipinski definition) is 2. The molecular formula is C15H22BrNO. The molecule has 1 rings (SSSR count). The van der Waals surface area contributed by atoms with Crippen molar-refractivity contribution in [1.82, 2.24) is 0 Å². The van der Waals surface area contributed by atoms with Crippen molar-refractivity contribution in [2.45, 2.75) is 46.1 Å². The first-order valence-electron chi connectivity index (χ1n) is 6.28. The summed E-state index contributed by atoms with van der Waals surface area (Å²) in [5.41, 5.74) is 7.24. The van der Waals surface area contributed by atoms with Gasteiger partial charge in [-0.15, -0.1) is 0 Å². The van der Waals surface area contributed by atoms with Crippen LogP contribution in [-0.4, -0.2) is 11.8 Å². The second-order valence-electron chi connectivity index (χ2n) is 6.07. The molecule has 0 saturated carbocycles. The van der Waals surface area contributed by atoms with Gasteiger partial charge in [0.15, 0.2) is 0 Å². The predicted molar refractivity (Wildman–Crippen MR) is 79.5 cm³/mol. The molecule has 18 heavy (non-hydrogen) atoms. The highest BCUT2D eigenvalue weighted by molar-refractivity contribution is 9.10. The van der Waals surface area contributed by atoms with Gasteiger partial charge in [-0.1, -0.05) is 48.8 Å². The molecule has 0 spiro atoms. The standard InChI is InChI=1S/C15H22BrNO/c1-15(2,3)10-13(17)9-14(18)8-11-4-6-12(16)7-5-11/h4-7,13H,8-10,17H2,1-3H3. The molecule has 0 heterocycles. The molecule has 0 radical (unpaired) electrons.